The van der Waals surface area contributed by atoms with Gasteiger partial charge in [-0.3, -0.25) is 13.8 Å². The van der Waals surface area contributed by atoms with Gasteiger partial charge >= 0.3 is 7.82 Å². The maximum atomic E-state index is 11.7. The number of ketones is 1. The topological polar surface area (TPSA) is 61.8 Å². The van der Waals surface area contributed by atoms with Crippen molar-refractivity contribution in [2.24, 2.45) is 0 Å². The van der Waals surface area contributed by atoms with Crippen LogP contribution in [0.4, 0.5) is 0 Å². The molecule has 1 saturated heterocycles. The Bertz CT molecular complexity index is 388. The Balaban J connectivity index is 2.06. The molecular formula is C9H9O5P. The maximum Gasteiger partial charge on any atom is 0.530 e. The second-order valence-corrected chi connectivity index (χ2v) is 4.53. The first-order valence-corrected chi connectivity index (χ1v) is 5.79. The van der Waals surface area contributed by atoms with Crippen LogP contribution in [0.25, 0.3) is 0 Å². The summed E-state index contributed by atoms with van der Waals surface area (Å²) in [5.74, 6) is 0.133. The van der Waals surface area contributed by atoms with Crippen LogP contribution in [-0.2, 0) is 18.4 Å². The lowest BCUT2D eigenvalue weighted by atomic mass is 10.3. The van der Waals surface area contributed by atoms with Crippen LogP contribution in [-0.4, -0.2) is 19.0 Å². The highest BCUT2D eigenvalue weighted by molar-refractivity contribution is 7.49. The van der Waals surface area contributed by atoms with Gasteiger partial charge in [-0.05, 0) is 12.1 Å². The Morgan fingerprint density at radius 3 is 2.33 bits per heavy atom. The predicted molar refractivity (Wildman–Crippen MR) is 51.6 cm³/mol. The summed E-state index contributed by atoms with van der Waals surface area (Å²) in [6.07, 6.45) is 0. The molecule has 6 heteroatoms. The molecule has 0 aromatic heterocycles. The fraction of sp³-hybridized carbons (Fsp3) is 0.222. The molecule has 0 radical (unpaired) electrons. The number of phosphoric acid groups is 1. The van der Waals surface area contributed by atoms with E-state index in [0.29, 0.717) is 5.75 Å². The van der Waals surface area contributed by atoms with E-state index in [2.05, 4.69) is 0 Å². The summed E-state index contributed by atoms with van der Waals surface area (Å²) >= 11 is 0. The zero-order chi connectivity index (χ0) is 10.7. The molecule has 1 aromatic rings. The third-order valence-corrected chi connectivity index (χ3v) is 3.05. The molecule has 0 saturated carbocycles. The Morgan fingerprint density at radius 1 is 1.13 bits per heavy atom. The van der Waals surface area contributed by atoms with Gasteiger partial charge in [0.05, 0.1) is 0 Å². The average molecular weight is 228 g/mol. The van der Waals surface area contributed by atoms with Crippen molar-refractivity contribution in [3.8, 4) is 5.75 Å². The van der Waals surface area contributed by atoms with Gasteiger partial charge in [-0.25, -0.2) is 4.57 Å². The molecule has 0 spiro atoms. The minimum atomic E-state index is -3.59. The first kappa shape index (κ1) is 10.4. The first-order valence-electron chi connectivity index (χ1n) is 4.33. The lowest BCUT2D eigenvalue weighted by Gasteiger charge is -2.21. The Morgan fingerprint density at radius 2 is 1.73 bits per heavy atom. The molecule has 0 aliphatic carbocycles. The number of Topliss-reactive ketones (excluding diaryl/α,β-unsaturated/α-hetero) is 1. The molecule has 1 aliphatic heterocycles. The van der Waals surface area contributed by atoms with Crippen LogP contribution >= 0.6 is 7.82 Å². The van der Waals surface area contributed by atoms with Gasteiger partial charge in [0.1, 0.15) is 19.0 Å². The van der Waals surface area contributed by atoms with Crippen LogP contribution in [0.5, 0.6) is 5.75 Å². The highest BCUT2D eigenvalue weighted by atomic mass is 31.2. The average Bonchev–Trinajstić information content (AvgIpc) is 2.24. The minimum Gasteiger partial charge on any atom is -0.404 e. The van der Waals surface area contributed by atoms with Crippen molar-refractivity contribution in [2.45, 2.75) is 0 Å². The molecule has 1 heterocycles. The first-order chi connectivity index (χ1) is 7.18. The molecule has 1 aliphatic rings. The van der Waals surface area contributed by atoms with Crippen LogP contribution in [0.2, 0.25) is 0 Å². The van der Waals surface area contributed by atoms with Gasteiger partial charge in [-0.15, -0.1) is 0 Å². The highest BCUT2D eigenvalue weighted by Crippen LogP contribution is 2.50. The summed E-state index contributed by atoms with van der Waals surface area (Å²) in [6, 6.07) is 8.52. The van der Waals surface area contributed by atoms with Gasteiger partial charge in [-0.1, -0.05) is 18.2 Å². The standard InChI is InChI=1S/C9H9O5P/c10-8-6-12-15(11,13-7-8)14-9-4-2-1-3-5-9/h1-5H,6-7H2. The van der Waals surface area contributed by atoms with Crippen LogP contribution in [0.1, 0.15) is 0 Å². The van der Waals surface area contributed by atoms with Gasteiger partial charge < -0.3 is 4.52 Å². The Labute approximate surface area is 86.6 Å². The molecule has 0 amide bonds. The molecule has 1 aromatic carbocycles. The number of hydrogen-bond acceptors (Lipinski definition) is 5. The molecule has 1 fully saturated rings. The number of phosphoric ester groups is 1. The number of rotatable bonds is 2. The van der Waals surface area contributed by atoms with Gasteiger partial charge in [0.15, 0.2) is 5.78 Å². The third-order valence-electron chi connectivity index (χ3n) is 1.73. The Hall–Kier alpha value is -1.16. The SMILES string of the molecule is O=C1COP(=O)(Oc2ccccc2)OC1. The number of para-hydroxylation sites is 1. The van der Waals surface area contributed by atoms with Crippen LogP contribution < -0.4 is 4.52 Å². The van der Waals surface area contributed by atoms with Crippen molar-refractivity contribution in [1.29, 1.82) is 0 Å². The van der Waals surface area contributed by atoms with Crippen molar-refractivity contribution >= 4 is 13.6 Å². The number of hydrogen-bond donors (Lipinski definition) is 0. The van der Waals surface area contributed by atoms with E-state index < -0.39 is 7.82 Å². The maximum absolute atomic E-state index is 11.7. The van der Waals surface area contributed by atoms with Crippen LogP contribution in [0.3, 0.4) is 0 Å². The normalized spacial score (nSPS) is 19.9. The van der Waals surface area contributed by atoms with E-state index in [-0.39, 0.29) is 19.0 Å². The number of carbonyl (C=O) groups excluding carboxylic acids is 1. The zero-order valence-electron chi connectivity index (χ0n) is 7.79. The molecule has 80 valence electrons. The molecule has 2 rings (SSSR count). The molecule has 15 heavy (non-hydrogen) atoms. The third kappa shape index (κ3) is 2.65. The van der Waals surface area contributed by atoms with Gasteiger partial charge in [0.25, 0.3) is 0 Å². The van der Waals surface area contributed by atoms with Crippen LogP contribution in [0.15, 0.2) is 30.3 Å². The summed E-state index contributed by atoms with van der Waals surface area (Å²) in [4.78, 5) is 10.8. The second-order valence-electron chi connectivity index (χ2n) is 2.94. The largest absolute Gasteiger partial charge is 0.530 e. The lowest BCUT2D eigenvalue weighted by Crippen LogP contribution is -2.22. The summed E-state index contributed by atoms with van der Waals surface area (Å²) in [5.41, 5.74) is 0. The van der Waals surface area contributed by atoms with E-state index >= 15 is 0 Å². The van der Waals surface area contributed by atoms with Gasteiger partial charge in [-0.2, -0.15) is 0 Å². The van der Waals surface area contributed by atoms with E-state index in [0.717, 1.165) is 0 Å². The summed E-state index contributed by atoms with van der Waals surface area (Å²) in [7, 11) is -3.59. The molecular weight excluding hydrogens is 219 g/mol. The second kappa shape index (κ2) is 4.14. The summed E-state index contributed by atoms with van der Waals surface area (Å²) in [5, 5.41) is 0. The number of carbonyl (C=O) groups is 1. The van der Waals surface area contributed by atoms with Crippen LogP contribution in [0, 0.1) is 0 Å². The molecule has 0 atom stereocenters. The molecule has 0 bridgehead atoms. The monoisotopic (exact) mass is 228 g/mol. The smallest absolute Gasteiger partial charge is 0.404 e. The van der Waals surface area contributed by atoms with E-state index in [1.807, 2.05) is 0 Å². The number of benzene rings is 1. The van der Waals surface area contributed by atoms with Crippen molar-refractivity contribution in [1.82, 2.24) is 0 Å². The lowest BCUT2D eigenvalue weighted by molar-refractivity contribution is -0.126. The molecule has 0 unspecified atom stereocenters. The van der Waals surface area contributed by atoms with Crippen molar-refractivity contribution in [3.63, 3.8) is 0 Å². The van der Waals surface area contributed by atoms with Crippen molar-refractivity contribution < 1.29 is 22.9 Å². The molecule has 5 nitrogen and oxygen atoms in total. The van der Waals surface area contributed by atoms with E-state index in [9.17, 15) is 9.36 Å². The van der Waals surface area contributed by atoms with E-state index in [4.69, 9.17) is 13.6 Å². The predicted octanol–water partition coefficient (Wildman–Crippen LogP) is 1.79. The zero-order valence-corrected chi connectivity index (χ0v) is 8.68. The fourth-order valence-corrected chi connectivity index (χ4v) is 2.21. The quantitative estimate of drug-likeness (QED) is 0.722. The van der Waals surface area contributed by atoms with Gasteiger partial charge in [0.2, 0.25) is 0 Å². The minimum absolute atomic E-state index is 0.232. The summed E-state index contributed by atoms with van der Waals surface area (Å²) < 4.78 is 26.3. The highest BCUT2D eigenvalue weighted by Gasteiger charge is 2.34. The van der Waals surface area contributed by atoms with E-state index in [1.54, 1.807) is 30.3 Å². The van der Waals surface area contributed by atoms with Crippen molar-refractivity contribution in [3.05, 3.63) is 30.3 Å². The molecule has 0 N–H and O–H groups in total. The summed E-state index contributed by atoms with van der Waals surface area (Å²) in [6.45, 7) is -0.464. The fourth-order valence-electron chi connectivity index (χ4n) is 1.04. The van der Waals surface area contributed by atoms with E-state index in [1.165, 1.54) is 0 Å². The Kier molecular flexibility index (Phi) is 2.86. The van der Waals surface area contributed by atoms with Crippen molar-refractivity contribution in [2.75, 3.05) is 13.2 Å². The van der Waals surface area contributed by atoms with Gasteiger partial charge in [0, 0.05) is 0 Å².